The lowest BCUT2D eigenvalue weighted by atomic mass is 10.0. The molecule has 0 aliphatic rings. The molecule has 0 saturated carbocycles. The third-order valence-corrected chi connectivity index (χ3v) is 9.55. The van der Waals surface area contributed by atoms with Gasteiger partial charge in [0, 0.05) is 27.6 Å². The summed E-state index contributed by atoms with van der Waals surface area (Å²) in [6.07, 6.45) is 12.4. The summed E-state index contributed by atoms with van der Waals surface area (Å²) in [5, 5.41) is 6.86. The van der Waals surface area contributed by atoms with Crippen LogP contribution in [0.3, 0.4) is 0 Å². The van der Waals surface area contributed by atoms with Crippen LogP contribution in [-0.2, 0) is 0 Å². The molecule has 8 aromatic rings. The summed E-state index contributed by atoms with van der Waals surface area (Å²) in [6.45, 7) is 10.4. The van der Waals surface area contributed by atoms with E-state index in [1.165, 1.54) is 16.2 Å². The zero-order valence-electron chi connectivity index (χ0n) is 29.1. The highest BCUT2D eigenvalue weighted by Crippen LogP contribution is 2.33. The summed E-state index contributed by atoms with van der Waals surface area (Å²) in [6, 6.07) is 50.6. The van der Waals surface area contributed by atoms with Crippen molar-refractivity contribution < 1.29 is 0 Å². The van der Waals surface area contributed by atoms with Crippen LogP contribution < -0.4 is 10.4 Å². The van der Waals surface area contributed by atoms with Crippen LogP contribution in [0.1, 0.15) is 18.2 Å². The number of aromatic nitrogens is 3. The first kappa shape index (κ1) is 32.4. The van der Waals surface area contributed by atoms with E-state index in [1.54, 1.807) is 0 Å². The fraction of sp³-hybridized carbons (Fsp3) is 0.0204. The van der Waals surface area contributed by atoms with Crippen molar-refractivity contribution in [1.82, 2.24) is 14.5 Å². The van der Waals surface area contributed by atoms with E-state index in [0.717, 1.165) is 66.2 Å². The minimum absolute atomic E-state index is 0.668. The first-order chi connectivity index (χ1) is 25.6. The van der Waals surface area contributed by atoms with Crippen LogP contribution in [0.15, 0.2) is 176 Å². The van der Waals surface area contributed by atoms with Gasteiger partial charge in [-0.3, -0.25) is 0 Å². The molecule has 0 radical (unpaired) electrons. The quantitative estimate of drug-likeness (QED) is 0.151. The summed E-state index contributed by atoms with van der Waals surface area (Å²) in [4.78, 5) is 10.2. The zero-order valence-corrected chi connectivity index (χ0v) is 29.1. The minimum Gasteiger partial charge on any atom is -0.309 e. The minimum atomic E-state index is 0.668. The lowest BCUT2D eigenvalue weighted by Crippen LogP contribution is -2.21. The molecule has 0 spiro atoms. The van der Waals surface area contributed by atoms with Crippen molar-refractivity contribution in [3.63, 3.8) is 0 Å². The molecule has 0 fully saturated rings. The summed E-state index contributed by atoms with van der Waals surface area (Å²) in [5.74, 6) is 0.668. The van der Waals surface area contributed by atoms with Crippen molar-refractivity contribution in [2.75, 3.05) is 0 Å². The largest absolute Gasteiger partial charge is 0.309 e. The predicted octanol–water partition coefficient (Wildman–Crippen LogP) is 11.1. The van der Waals surface area contributed by atoms with Gasteiger partial charge in [-0.2, -0.15) is 0 Å². The monoisotopic (exact) mass is 667 g/mol. The van der Waals surface area contributed by atoms with E-state index in [2.05, 4.69) is 182 Å². The van der Waals surface area contributed by atoms with E-state index < -0.39 is 0 Å². The smallest absolute Gasteiger partial charge is 0.160 e. The number of para-hydroxylation sites is 2. The molecule has 0 bridgehead atoms. The van der Waals surface area contributed by atoms with Gasteiger partial charge >= 0.3 is 0 Å². The van der Waals surface area contributed by atoms with Crippen molar-refractivity contribution in [3.05, 3.63) is 198 Å². The van der Waals surface area contributed by atoms with Gasteiger partial charge in [-0.1, -0.05) is 153 Å². The van der Waals surface area contributed by atoms with E-state index in [0.29, 0.717) is 5.82 Å². The number of allylic oxidation sites excluding steroid dienone is 6. The number of hydrogen-bond acceptors (Lipinski definition) is 2. The van der Waals surface area contributed by atoms with Crippen LogP contribution in [0.4, 0.5) is 0 Å². The Bertz CT molecular complexity index is 2770. The Morgan fingerprint density at radius 1 is 0.673 bits per heavy atom. The Morgan fingerprint density at radius 2 is 1.33 bits per heavy atom. The molecule has 0 aliphatic carbocycles. The van der Waals surface area contributed by atoms with Gasteiger partial charge in [-0.25, -0.2) is 9.97 Å². The summed E-state index contributed by atoms with van der Waals surface area (Å²) in [7, 11) is 0. The second-order valence-electron chi connectivity index (χ2n) is 12.7. The van der Waals surface area contributed by atoms with Crippen molar-refractivity contribution in [3.8, 4) is 22.6 Å². The summed E-state index contributed by atoms with van der Waals surface area (Å²) < 4.78 is 2.27. The van der Waals surface area contributed by atoms with Gasteiger partial charge in [0.1, 0.15) is 0 Å². The molecule has 0 aliphatic heterocycles. The van der Waals surface area contributed by atoms with Gasteiger partial charge in [0.15, 0.2) is 5.82 Å². The fourth-order valence-corrected chi connectivity index (χ4v) is 6.93. The number of nitrogens with zero attached hydrogens (tertiary/aromatic N) is 3. The van der Waals surface area contributed by atoms with Crippen LogP contribution in [0.25, 0.3) is 85.2 Å². The lowest BCUT2D eigenvalue weighted by molar-refractivity contribution is 1.16. The van der Waals surface area contributed by atoms with Gasteiger partial charge in [0.05, 0.1) is 22.4 Å². The van der Waals surface area contributed by atoms with Crippen LogP contribution in [-0.4, -0.2) is 14.5 Å². The molecule has 3 heteroatoms. The predicted molar refractivity (Wildman–Crippen MR) is 223 cm³/mol. The molecule has 2 heterocycles. The van der Waals surface area contributed by atoms with Crippen LogP contribution in [0, 0.1) is 0 Å². The Kier molecular flexibility index (Phi) is 8.83. The molecule has 0 amide bonds. The maximum absolute atomic E-state index is 5.15. The zero-order chi connectivity index (χ0) is 35.4. The second-order valence-corrected chi connectivity index (χ2v) is 12.7. The van der Waals surface area contributed by atoms with E-state index in [9.17, 15) is 0 Å². The maximum atomic E-state index is 5.15. The number of benzene rings is 6. The summed E-state index contributed by atoms with van der Waals surface area (Å²) >= 11 is 0. The van der Waals surface area contributed by atoms with E-state index in [-0.39, 0.29) is 0 Å². The molecule has 248 valence electrons. The molecule has 3 nitrogen and oxygen atoms in total. The van der Waals surface area contributed by atoms with Gasteiger partial charge in [0.2, 0.25) is 0 Å². The third-order valence-electron chi connectivity index (χ3n) is 9.55. The second kappa shape index (κ2) is 14.2. The highest BCUT2D eigenvalue weighted by atomic mass is 15.0. The average Bonchev–Trinajstić information content (AvgIpc) is 3.53. The molecule has 8 rings (SSSR count). The van der Waals surface area contributed by atoms with Crippen molar-refractivity contribution in [2.45, 2.75) is 6.92 Å². The van der Waals surface area contributed by atoms with Gasteiger partial charge < -0.3 is 4.57 Å². The van der Waals surface area contributed by atoms with E-state index >= 15 is 0 Å². The number of rotatable bonds is 8. The highest BCUT2D eigenvalue weighted by molar-refractivity contribution is 6.10. The molecule has 0 N–H and O–H groups in total. The third kappa shape index (κ3) is 6.21. The molecule has 0 unspecified atom stereocenters. The van der Waals surface area contributed by atoms with E-state index in [1.807, 2.05) is 24.3 Å². The van der Waals surface area contributed by atoms with E-state index in [4.69, 9.17) is 9.97 Å². The molecular formula is C49H37N3. The lowest BCUT2D eigenvalue weighted by Gasteiger charge is -2.10. The first-order valence-electron chi connectivity index (χ1n) is 17.5. The first-order valence-corrected chi connectivity index (χ1v) is 17.5. The number of hydrogen-bond donors (Lipinski definition) is 0. The Hall–Kier alpha value is -6.84. The summed E-state index contributed by atoms with van der Waals surface area (Å²) in [5.41, 5.74) is 9.21. The van der Waals surface area contributed by atoms with Gasteiger partial charge in [-0.15, -0.1) is 0 Å². The van der Waals surface area contributed by atoms with Crippen molar-refractivity contribution >= 4 is 62.6 Å². The van der Waals surface area contributed by atoms with Gasteiger partial charge in [-0.05, 0) is 81.8 Å². The Balaban J connectivity index is 1.21. The standard InChI is InChI=1S/C49H37N3/c1-4-35(32-39-18-7-6-16-34(39)3)36-28-30-38(31-29-36)49-50-40(33-46(51-49)43-25-14-19-37-17-8-9-22-42(37)43)20-15-21-41(5-2)52-47-26-12-10-23-44(47)45-24-11-13-27-48(45)52/h4-33H,2-3H2,1H3/b20-15+,35-4+,39-32-,41-21+. The maximum Gasteiger partial charge on any atom is 0.160 e. The van der Waals surface area contributed by atoms with Crippen LogP contribution in [0.2, 0.25) is 0 Å². The molecule has 2 aromatic heterocycles. The van der Waals surface area contributed by atoms with Crippen molar-refractivity contribution in [1.29, 1.82) is 0 Å². The van der Waals surface area contributed by atoms with Gasteiger partial charge in [0.25, 0.3) is 0 Å². The SMILES string of the molecule is C=C/C(=C\C=C\c1cc(-c2cccc3ccccc23)nc(-c2ccc(C(/C=c3/ccccc3=C)=C/C)cc2)n1)n1c2ccccc2c2ccccc21. The fourth-order valence-electron chi connectivity index (χ4n) is 6.93. The number of fused-ring (bicyclic) bond motifs is 4. The Morgan fingerprint density at radius 3 is 2.04 bits per heavy atom. The van der Waals surface area contributed by atoms with Crippen LogP contribution >= 0.6 is 0 Å². The normalized spacial score (nSPS) is 12.8. The Labute approximate surface area is 303 Å². The topological polar surface area (TPSA) is 30.7 Å². The molecule has 52 heavy (non-hydrogen) atoms. The molecular weight excluding hydrogens is 631 g/mol. The van der Waals surface area contributed by atoms with Crippen LogP contribution in [0.5, 0.6) is 0 Å². The highest BCUT2D eigenvalue weighted by Gasteiger charge is 2.13. The molecule has 0 saturated heterocycles. The average molecular weight is 668 g/mol. The molecule has 6 aromatic carbocycles. The van der Waals surface area contributed by atoms with Crippen molar-refractivity contribution in [2.24, 2.45) is 0 Å². The molecule has 0 atom stereocenters.